The summed E-state index contributed by atoms with van der Waals surface area (Å²) < 4.78 is 1.24. The normalized spacial score (nSPS) is 15.9. The minimum absolute atomic E-state index is 0.00806. The zero-order chi connectivity index (χ0) is 31.4. The highest BCUT2D eigenvalue weighted by atomic mass is 35.5. The summed E-state index contributed by atoms with van der Waals surface area (Å²) in [6.07, 6.45) is 4.58. The van der Waals surface area contributed by atoms with Gasteiger partial charge in [-0.05, 0) is 55.2 Å². The van der Waals surface area contributed by atoms with E-state index in [1.165, 1.54) is 23.1 Å². The molecule has 0 radical (unpaired) electrons. The van der Waals surface area contributed by atoms with Gasteiger partial charge in [-0.3, -0.25) is 19.4 Å². The van der Waals surface area contributed by atoms with E-state index in [0.717, 1.165) is 17.5 Å². The molecule has 0 unspecified atom stereocenters. The Morgan fingerprint density at radius 2 is 1.64 bits per heavy atom. The average molecular weight is 636 g/mol. The number of carboxylic acids is 1. The second-order valence-electron chi connectivity index (χ2n) is 10.2. The predicted molar refractivity (Wildman–Crippen MR) is 168 cm³/mol. The number of nitrogens with one attached hydrogen (secondary N) is 3. The SMILES string of the molecule is CCn1nc(-c2cccc(-c3cccc(C(=O)N[C@H]4CCC[C@H]4C(=O)O)c3)c2)cc(NC(=O)Nc2c(Cl)cncc2Cl)c1=O. The fraction of sp³-hybridized carbons (Fsp3) is 0.226. The summed E-state index contributed by atoms with van der Waals surface area (Å²) in [5, 5.41) is 22.2. The first-order chi connectivity index (χ1) is 21.1. The average Bonchev–Trinajstić information content (AvgIpc) is 3.49. The van der Waals surface area contributed by atoms with Crippen LogP contribution in [-0.4, -0.2) is 43.8 Å². The number of hydrogen-bond donors (Lipinski definition) is 4. The zero-order valence-electron chi connectivity index (χ0n) is 23.5. The number of anilines is 2. The second-order valence-corrected chi connectivity index (χ2v) is 11.1. The van der Waals surface area contributed by atoms with Crippen LogP contribution in [0.2, 0.25) is 10.0 Å². The number of rotatable bonds is 8. The number of halogens is 2. The van der Waals surface area contributed by atoms with Crippen LogP contribution in [0, 0.1) is 5.92 Å². The molecule has 0 bridgehead atoms. The molecule has 13 heteroatoms. The Kier molecular flexibility index (Phi) is 9.26. The summed E-state index contributed by atoms with van der Waals surface area (Å²) in [5.74, 6) is -1.82. The Bertz CT molecular complexity index is 1790. The number of hydrogen-bond acceptors (Lipinski definition) is 6. The molecular formula is C31H28Cl2N6O5. The van der Waals surface area contributed by atoms with Gasteiger partial charge in [-0.1, -0.05) is 60.0 Å². The molecule has 44 heavy (non-hydrogen) atoms. The second kappa shape index (κ2) is 13.3. The third-order valence-electron chi connectivity index (χ3n) is 7.38. The number of carboxylic acid groups (broad SMARTS) is 1. The summed E-state index contributed by atoms with van der Waals surface area (Å²) in [6, 6.07) is 14.8. The number of aryl methyl sites for hydroxylation is 1. The fourth-order valence-corrected chi connectivity index (χ4v) is 5.62. The predicted octanol–water partition coefficient (Wildman–Crippen LogP) is 5.93. The number of urea groups is 1. The molecule has 0 saturated heterocycles. The standard InChI is InChI=1S/C31H28Cl2N6O5/c1-2-39-29(41)26(36-31(44)37-27-22(32)15-34-16-23(27)33)14-25(38-39)19-8-3-6-17(12-19)18-7-4-9-20(13-18)28(40)35-24-11-5-10-21(24)30(42)43/h3-4,6-9,12-16,21,24H,2,5,10-11H2,1H3,(H,35,40)(H,42,43)(H2,34,36,37,44)/t21-,24+/m1/s1. The quantitative estimate of drug-likeness (QED) is 0.187. The third kappa shape index (κ3) is 6.74. The van der Waals surface area contributed by atoms with Crippen molar-refractivity contribution in [3.63, 3.8) is 0 Å². The molecule has 226 valence electrons. The van der Waals surface area contributed by atoms with Crippen molar-refractivity contribution >= 4 is 52.5 Å². The molecule has 1 fully saturated rings. The fourth-order valence-electron chi connectivity index (χ4n) is 5.16. The van der Waals surface area contributed by atoms with Crippen LogP contribution in [-0.2, 0) is 11.3 Å². The number of pyridine rings is 1. The number of aliphatic carboxylic acids is 1. The van der Waals surface area contributed by atoms with Gasteiger partial charge >= 0.3 is 12.0 Å². The molecule has 1 saturated carbocycles. The van der Waals surface area contributed by atoms with Gasteiger partial charge in [0.2, 0.25) is 0 Å². The maximum absolute atomic E-state index is 13.0. The number of nitrogens with zero attached hydrogens (tertiary/aromatic N) is 3. The number of benzene rings is 2. The van der Waals surface area contributed by atoms with Gasteiger partial charge in [-0.2, -0.15) is 5.10 Å². The Labute approximate surface area is 262 Å². The highest BCUT2D eigenvalue weighted by molar-refractivity contribution is 6.39. The van der Waals surface area contributed by atoms with E-state index in [9.17, 15) is 24.3 Å². The number of carbonyl (C=O) groups excluding carboxylic acids is 2. The van der Waals surface area contributed by atoms with E-state index in [1.54, 1.807) is 25.1 Å². The molecule has 4 aromatic rings. The van der Waals surface area contributed by atoms with Gasteiger partial charge in [0, 0.05) is 36.1 Å². The Hall–Kier alpha value is -4.74. The van der Waals surface area contributed by atoms with Crippen molar-refractivity contribution in [2.24, 2.45) is 5.92 Å². The maximum atomic E-state index is 13.0. The van der Waals surface area contributed by atoms with Crippen LogP contribution in [0.25, 0.3) is 22.4 Å². The molecule has 0 spiro atoms. The van der Waals surface area contributed by atoms with Crippen molar-refractivity contribution in [3.05, 3.63) is 93.0 Å². The zero-order valence-corrected chi connectivity index (χ0v) is 25.0. The van der Waals surface area contributed by atoms with Crippen LogP contribution >= 0.6 is 23.2 Å². The number of amides is 3. The van der Waals surface area contributed by atoms with E-state index in [1.807, 2.05) is 30.3 Å². The topological polar surface area (TPSA) is 155 Å². The summed E-state index contributed by atoms with van der Waals surface area (Å²) in [5.41, 5.74) is 2.69. The van der Waals surface area contributed by atoms with Gasteiger partial charge in [0.1, 0.15) is 5.69 Å². The summed E-state index contributed by atoms with van der Waals surface area (Å²) in [4.78, 5) is 54.2. The van der Waals surface area contributed by atoms with E-state index < -0.39 is 29.5 Å². The molecule has 2 heterocycles. The molecular weight excluding hydrogens is 607 g/mol. The minimum atomic E-state index is -0.900. The molecule has 2 aromatic heterocycles. The Morgan fingerprint density at radius 3 is 2.34 bits per heavy atom. The third-order valence-corrected chi connectivity index (χ3v) is 7.95. The van der Waals surface area contributed by atoms with Crippen molar-refractivity contribution < 1.29 is 19.5 Å². The van der Waals surface area contributed by atoms with E-state index in [4.69, 9.17) is 23.2 Å². The van der Waals surface area contributed by atoms with Crippen LogP contribution in [0.15, 0.2) is 71.8 Å². The van der Waals surface area contributed by atoms with Crippen LogP contribution in [0.1, 0.15) is 36.5 Å². The smallest absolute Gasteiger partial charge is 0.323 e. The first-order valence-electron chi connectivity index (χ1n) is 13.9. The highest BCUT2D eigenvalue weighted by Crippen LogP contribution is 2.30. The Morgan fingerprint density at radius 1 is 0.955 bits per heavy atom. The van der Waals surface area contributed by atoms with Gasteiger partial charge in [-0.15, -0.1) is 0 Å². The molecule has 1 aliphatic rings. The summed E-state index contributed by atoms with van der Waals surface area (Å²) >= 11 is 12.2. The van der Waals surface area contributed by atoms with Crippen molar-refractivity contribution in [3.8, 4) is 22.4 Å². The van der Waals surface area contributed by atoms with Gasteiger partial charge in [0.05, 0.1) is 27.3 Å². The molecule has 0 aliphatic heterocycles. The van der Waals surface area contributed by atoms with E-state index in [0.29, 0.717) is 29.7 Å². The van der Waals surface area contributed by atoms with Crippen molar-refractivity contribution in [1.82, 2.24) is 20.1 Å². The minimum Gasteiger partial charge on any atom is -0.481 e. The van der Waals surface area contributed by atoms with Crippen molar-refractivity contribution in [2.45, 2.75) is 38.8 Å². The van der Waals surface area contributed by atoms with Gasteiger partial charge in [0.15, 0.2) is 0 Å². The molecule has 3 amide bonds. The van der Waals surface area contributed by atoms with Gasteiger partial charge < -0.3 is 21.1 Å². The lowest BCUT2D eigenvalue weighted by molar-refractivity contribution is -0.142. The summed E-state index contributed by atoms with van der Waals surface area (Å²) in [6.45, 7) is 2.02. The van der Waals surface area contributed by atoms with Crippen LogP contribution in [0.5, 0.6) is 0 Å². The lowest BCUT2D eigenvalue weighted by Crippen LogP contribution is -2.40. The lowest BCUT2D eigenvalue weighted by atomic mass is 9.99. The largest absolute Gasteiger partial charge is 0.481 e. The number of aromatic nitrogens is 3. The molecule has 2 aromatic carbocycles. The maximum Gasteiger partial charge on any atom is 0.323 e. The summed E-state index contributed by atoms with van der Waals surface area (Å²) in [7, 11) is 0. The molecule has 2 atom stereocenters. The number of carbonyl (C=O) groups is 3. The van der Waals surface area contributed by atoms with Crippen LogP contribution < -0.4 is 21.5 Å². The van der Waals surface area contributed by atoms with E-state index >= 15 is 0 Å². The van der Waals surface area contributed by atoms with Gasteiger partial charge in [0.25, 0.3) is 11.5 Å². The van der Waals surface area contributed by atoms with E-state index in [2.05, 4.69) is 26.0 Å². The monoisotopic (exact) mass is 634 g/mol. The highest BCUT2D eigenvalue weighted by Gasteiger charge is 2.34. The van der Waals surface area contributed by atoms with Crippen molar-refractivity contribution in [2.75, 3.05) is 10.6 Å². The first-order valence-corrected chi connectivity index (χ1v) is 14.6. The molecule has 4 N–H and O–H groups in total. The molecule has 1 aliphatic carbocycles. The molecule has 5 rings (SSSR count). The molecule has 11 nitrogen and oxygen atoms in total. The first kappa shape index (κ1) is 30.7. The van der Waals surface area contributed by atoms with Crippen molar-refractivity contribution in [1.29, 1.82) is 0 Å². The Balaban J connectivity index is 1.40. The van der Waals surface area contributed by atoms with E-state index in [-0.39, 0.29) is 33.9 Å². The van der Waals surface area contributed by atoms with Crippen LogP contribution in [0.4, 0.5) is 16.2 Å². The van der Waals surface area contributed by atoms with Gasteiger partial charge in [-0.25, -0.2) is 9.48 Å². The lowest BCUT2D eigenvalue weighted by Gasteiger charge is -2.18. The van der Waals surface area contributed by atoms with Crippen LogP contribution in [0.3, 0.4) is 0 Å².